The normalized spacial score (nSPS) is 25.0. The van der Waals surface area contributed by atoms with E-state index in [1.807, 2.05) is 7.05 Å². The number of nitrogens with zero attached hydrogens (tertiary/aromatic N) is 1. The summed E-state index contributed by atoms with van der Waals surface area (Å²) in [5, 5.41) is 2.99. The van der Waals surface area contributed by atoms with Crippen LogP contribution in [0, 0.1) is 5.92 Å². The van der Waals surface area contributed by atoms with E-state index in [4.69, 9.17) is 0 Å². The molecule has 18 heavy (non-hydrogen) atoms. The standard InChI is InChI=1S/C13H25F3N2/c1-3-4-5-9-18(2)10-7-12-11(6-8-17-12)13(14,15)16/h11-12,17H,3-10H2,1-2H3. The highest BCUT2D eigenvalue weighted by Gasteiger charge is 2.46. The molecule has 0 aromatic heterocycles. The minimum absolute atomic E-state index is 0.230. The van der Waals surface area contributed by atoms with E-state index in [1.54, 1.807) is 0 Å². The van der Waals surface area contributed by atoms with Gasteiger partial charge in [0.15, 0.2) is 0 Å². The fourth-order valence-electron chi connectivity index (χ4n) is 2.57. The maximum Gasteiger partial charge on any atom is 0.393 e. The van der Waals surface area contributed by atoms with Crippen LogP contribution < -0.4 is 5.32 Å². The van der Waals surface area contributed by atoms with Gasteiger partial charge in [-0.15, -0.1) is 0 Å². The molecule has 0 radical (unpaired) electrons. The van der Waals surface area contributed by atoms with E-state index >= 15 is 0 Å². The quantitative estimate of drug-likeness (QED) is 0.713. The molecule has 0 spiro atoms. The van der Waals surface area contributed by atoms with Crippen molar-refractivity contribution in [3.8, 4) is 0 Å². The minimum Gasteiger partial charge on any atom is -0.313 e. The zero-order valence-electron chi connectivity index (χ0n) is 11.4. The van der Waals surface area contributed by atoms with Gasteiger partial charge in [-0.25, -0.2) is 0 Å². The second-order valence-electron chi connectivity index (χ2n) is 5.30. The Balaban J connectivity index is 2.25. The van der Waals surface area contributed by atoms with Gasteiger partial charge in [0.1, 0.15) is 0 Å². The summed E-state index contributed by atoms with van der Waals surface area (Å²) in [6.45, 7) is 4.37. The molecule has 2 unspecified atom stereocenters. The molecule has 1 aliphatic rings. The SMILES string of the molecule is CCCCCN(C)CCC1NCCC1C(F)(F)F. The van der Waals surface area contributed by atoms with Gasteiger partial charge in [-0.3, -0.25) is 0 Å². The predicted octanol–water partition coefficient (Wildman–Crippen LogP) is 3.04. The Hall–Kier alpha value is -0.290. The number of unbranched alkanes of at least 4 members (excludes halogenated alkanes) is 2. The van der Waals surface area contributed by atoms with Crippen molar-refractivity contribution in [3.63, 3.8) is 0 Å². The van der Waals surface area contributed by atoms with Gasteiger partial charge in [0.25, 0.3) is 0 Å². The Bertz CT molecular complexity index is 231. The first-order chi connectivity index (χ1) is 8.45. The lowest BCUT2D eigenvalue weighted by atomic mass is 9.97. The van der Waals surface area contributed by atoms with E-state index < -0.39 is 18.1 Å². The highest BCUT2D eigenvalue weighted by Crippen LogP contribution is 2.35. The molecule has 5 heteroatoms. The van der Waals surface area contributed by atoms with Crippen molar-refractivity contribution in [2.24, 2.45) is 5.92 Å². The van der Waals surface area contributed by atoms with Crippen molar-refractivity contribution in [2.75, 3.05) is 26.7 Å². The highest BCUT2D eigenvalue weighted by atomic mass is 19.4. The molecule has 1 saturated heterocycles. The second-order valence-corrected chi connectivity index (χ2v) is 5.30. The average Bonchev–Trinajstić information content (AvgIpc) is 2.74. The Morgan fingerprint density at radius 1 is 1.22 bits per heavy atom. The first kappa shape index (κ1) is 15.8. The smallest absolute Gasteiger partial charge is 0.313 e. The van der Waals surface area contributed by atoms with Gasteiger partial charge in [-0.05, 0) is 45.9 Å². The van der Waals surface area contributed by atoms with Gasteiger partial charge in [0.05, 0.1) is 5.92 Å². The van der Waals surface area contributed by atoms with Crippen molar-refractivity contribution in [1.82, 2.24) is 10.2 Å². The minimum atomic E-state index is -4.05. The molecule has 108 valence electrons. The fraction of sp³-hybridized carbons (Fsp3) is 1.00. The molecule has 1 N–H and O–H groups in total. The summed E-state index contributed by atoms with van der Waals surface area (Å²) in [7, 11) is 1.99. The van der Waals surface area contributed by atoms with Crippen molar-refractivity contribution in [1.29, 1.82) is 0 Å². The molecular weight excluding hydrogens is 241 g/mol. The van der Waals surface area contributed by atoms with Crippen LogP contribution >= 0.6 is 0 Å². The van der Waals surface area contributed by atoms with E-state index in [2.05, 4.69) is 17.1 Å². The Morgan fingerprint density at radius 3 is 2.56 bits per heavy atom. The van der Waals surface area contributed by atoms with Gasteiger partial charge < -0.3 is 10.2 Å². The van der Waals surface area contributed by atoms with Gasteiger partial charge >= 0.3 is 6.18 Å². The number of nitrogens with one attached hydrogen (secondary N) is 1. The maximum atomic E-state index is 12.7. The molecule has 1 rings (SSSR count). The molecule has 2 nitrogen and oxygen atoms in total. The molecular formula is C13H25F3N2. The maximum absolute atomic E-state index is 12.7. The summed E-state index contributed by atoms with van der Waals surface area (Å²) in [5.41, 5.74) is 0. The summed E-state index contributed by atoms with van der Waals surface area (Å²) in [6, 6.07) is -0.390. The monoisotopic (exact) mass is 266 g/mol. The molecule has 2 atom stereocenters. The van der Waals surface area contributed by atoms with E-state index in [0.717, 1.165) is 19.5 Å². The third kappa shape index (κ3) is 5.14. The molecule has 1 aliphatic heterocycles. The largest absolute Gasteiger partial charge is 0.393 e. The van der Waals surface area contributed by atoms with Gasteiger partial charge in [0, 0.05) is 6.04 Å². The van der Waals surface area contributed by atoms with Crippen LogP contribution in [0.3, 0.4) is 0 Å². The van der Waals surface area contributed by atoms with E-state index in [9.17, 15) is 13.2 Å². The van der Waals surface area contributed by atoms with Gasteiger partial charge in [0.2, 0.25) is 0 Å². The van der Waals surface area contributed by atoms with E-state index in [0.29, 0.717) is 13.0 Å². The number of hydrogen-bond acceptors (Lipinski definition) is 2. The Kier molecular flexibility index (Phi) is 6.43. The van der Waals surface area contributed by atoms with Crippen molar-refractivity contribution >= 4 is 0 Å². The lowest BCUT2D eigenvalue weighted by Crippen LogP contribution is -2.38. The van der Waals surface area contributed by atoms with Crippen LogP contribution in [0.25, 0.3) is 0 Å². The zero-order chi connectivity index (χ0) is 13.6. The summed E-state index contributed by atoms with van der Waals surface area (Å²) in [6.07, 6.45) is 0.272. The van der Waals surface area contributed by atoms with Gasteiger partial charge in [-0.2, -0.15) is 13.2 Å². The lowest BCUT2D eigenvalue weighted by Gasteiger charge is -2.24. The van der Waals surface area contributed by atoms with Crippen LogP contribution in [0.5, 0.6) is 0 Å². The summed E-state index contributed by atoms with van der Waals surface area (Å²) in [4.78, 5) is 2.14. The number of rotatable bonds is 7. The highest BCUT2D eigenvalue weighted by molar-refractivity contribution is 4.88. The average molecular weight is 266 g/mol. The topological polar surface area (TPSA) is 15.3 Å². The molecule has 1 heterocycles. The Labute approximate surface area is 108 Å². The van der Waals surface area contributed by atoms with Crippen LogP contribution in [-0.4, -0.2) is 43.8 Å². The van der Waals surface area contributed by atoms with Crippen molar-refractivity contribution < 1.29 is 13.2 Å². The fourth-order valence-corrected chi connectivity index (χ4v) is 2.57. The molecule has 0 aromatic carbocycles. The second kappa shape index (κ2) is 7.34. The van der Waals surface area contributed by atoms with Crippen LogP contribution in [0.1, 0.15) is 39.0 Å². The third-order valence-electron chi connectivity index (χ3n) is 3.73. The first-order valence-corrected chi connectivity index (χ1v) is 6.93. The molecule has 1 fully saturated rings. The van der Waals surface area contributed by atoms with E-state index in [1.165, 1.54) is 12.8 Å². The molecule has 0 amide bonds. The lowest BCUT2D eigenvalue weighted by molar-refractivity contribution is -0.176. The molecule has 0 saturated carbocycles. The van der Waals surface area contributed by atoms with Gasteiger partial charge in [-0.1, -0.05) is 19.8 Å². The van der Waals surface area contributed by atoms with Crippen LogP contribution in [-0.2, 0) is 0 Å². The summed E-state index contributed by atoms with van der Waals surface area (Å²) < 4.78 is 38.2. The Morgan fingerprint density at radius 2 is 1.94 bits per heavy atom. The van der Waals surface area contributed by atoms with Crippen LogP contribution in [0.15, 0.2) is 0 Å². The molecule has 0 aliphatic carbocycles. The first-order valence-electron chi connectivity index (χ1n) is 6.93. The molecule has 0 aromatic rings. The number of halogens is 3. The van der Waals surface area contributed by atoms with Crippen LogP contribution in [0.4, 0.5) is 13.2 Å². The molecule has 0 bridgehead atoms. The van der Waals surface area contributed by atoms with Crippen LogP contribution in [0.2, 0.25) is 0 Å². The van der Waals surface area contributed by atoms with Crippen molar-refractivity contribution in [2.45, 2.75) is 51.2 Å². The zero-order valence-corrected chi connectivity index (χ0v) is 11.4. The van der Waals surface area contributed by atoms with E-state index in [-0.39, 0.29) is 6.42 Å². The predicted molar refractivity (Wildman–Crippen MR) is 67.6 cm³/mol. The summed E-state index contributed by atoms with van der Waals surface area (Å²) in [5.74, 6) is -1.15. The van der Waals surface area contributed by atoms with Crippen molar-refractivity contribution in [3.05, 3.63) is 0 Å². The third-order valence-corrected chi connectivity index (χ3v) is 3.73. The summed E-state index contributed by atoms with van der Waals surface area (Å²) >= 11 is 0. The number of hydrogen-bond donors (Lipinski definition) is 1. The number of alkyl halides is 3.